The van der Waals surface area contributed by atoms with Gasteiger partial charge >= 0.3 is 0 Å². The molecule has 0 rings (SSSR count). The first-order valence-electron chi connectivity index (χ1n) is 6.41. The second kappa shape index (κ2) is 10.3. The Morgan fingerprint density at radius 2 is 1.50 bits per heavy atom. The summed E-state index contributed by atoms with van der Waals surface area (Å²) in [6.07, 6.45) is 7.90. The molecule has 0 saturated heterocycles. The molecule has 0 aromatic carbocycles. The first kappa shape index (κ1) is 18.5. The SMILES string of the molecule is CCCCCCCC(CC)[N+](O)(O)CC.[Cl-]. The molecule has 1 unspecified atom stereocenters. The van der Waals surface area contributed by atoms with Crippen molar-refractivity contribution in [1.29, 1.82) is 0 Å². The van der Waals surface area contributed by atoms with E-state index in [2.05, 4.69) is 6.92 Å². The Labute approximate surface area is 106 Å². The molecule has 1 atom stereocenters. The fraction of sp³-hybridized carbons (Fsp3) is 1.00. The van der Waals surface area contributed by atoms with Crippen molar-refractivity contribution in [2.45, 2.75) is 71.8 Å². The van der Waals surface area contributed by atoms with Crippen molar-refractivity contribution < 1.29 is 27.6 Å². The molecule has 3 nitrogen and oxygen atoms in total. The molecule has 0 aliphatic carbocycles. The molecule has 0 radical (unpaired) electrons. The summed E-state index contributed by atoms with van der Waals surface area (Å²) in [7, 11) is 0. The summed E-state index contributed by atoms with van der Waals surface area (Å²) >= 11 is 0. The highest BCUT2D eigenvalue weighted by Crippen LogP contribution is 2.17. The third-order valence-electron chi connectivity index (χ3n) is 3.16. The van der Waals surface area contributed by atoms with Crippen LogP contribution in [0.3, 0.4) is 0 Å². The van der Waals surface area contributed by atoms with E-state index in [-0.39, 0.29) is 18.4 Å². The van der Waals surface area contributed by atoms with Gasteiger partial charge in [0.2, 0.25) is 0 Å². The van der Waals surface area contributed by atoms with Crippen molar-refractivity contribution in [2.75, 3.05) is 6.54 Å². The van der Waals surface area contributed by atoms with Crippen molar-refractivity contribution in [1.82, 2.24) is 0 Å². The highest BCUT2D eigenvalue weighted by Gasteiger charge is 2.31. The summed E-state index contributed by atoms with van der Waals surface area (Å²) in [5.41, 5.74) is 0. The van der Waals surface area contributed by atoms with Crippen LogP contribution in [0.15, 0.2) is 0 Å². The van der Waals surface area contributed by atoms with E-state index in [9.17, 15) is 10.4 Å². The van der Waals surface area contributed by atoms with Crippen LogP contribution in [0, 0.1) is 0 Å². The number of unbranched alkanes of at least 4 members (excludes halogenated alkanes) is 4. The summed E-state index contributed by atoms with van der Waals surface area (Å²) in [6.45, 7) is 6.40. The van der Waals surface area contributed by atoms with Gasteiger partial charge in [0.15, 0.2) is 6.04 Å². The maximum absolute atomic E-state index is 9.68. The fourth-order valence-corrected chi connectivity index (χ4v) is 1.94. The first-order chi connectivity index (χ1) is 7.08. The predicted molar refractivity (Wildman–Crippen MR) is 61.8 cm³/mol. The zero-order valence-electron chi connectivity index (χ0n) is 11.0. The first-order valence-corrected chi connectivity index (χ1v) is 6.41. The van der Waals surface area contributed by atoms with Crippen LogP contribution in [0.1, 0.15) is 65.7 Å². The summed E-state index contributed by atoms with van der Waals surface area (Å²) in [5, 5.41) is 19.4. The van der Waals surface area contributed by atoms with E-state index >= 15 is 0 Å². The smallest absolute Gasteiger partial charge is 0.151 e. The van der Waals surface area contributed by atoms with Gasteiger partial charge in [-0.3, -0.25) is 0 Å². The third kappa shape index (κ3) is 7.44. The molecule has 0 aliphatic heterocycles. The van der Waals surface area contributed by atoms with E-state index in [4.69, 9.17) is 0 Å². The maximum atomic E-state index is 9.68. The minimum Gasteiger partial charge on any atom is -1.00 e. The Morgan fingerprint density at radius 3 is 1.94 bits per heavy atom. The molecule has 0 amide bonds. The van der Waals surface area contributed by atoms with Gasteiger partial charge in [0.05, 0.1) is 0 Å². The van der Waals surface area contributed by atoms with Crippen molar-refractivity contribution in [3.05, 3.63) is 0 Å². The summed E-state index contributed by atoms with van der Waals surface area (Å²) < 4.78 is 0. The van der Waals surface area contributed by atoms with Crippen LogP contribution in [-0.4, -0.2) is 27.8 Å². The Hall–Kier alpha value is 0.170. The van der Waals surface area contributed by atoms with E-state index in [0.29, 0.717) is 6.54 Å². The molecule has 2 N–H and O–H groups in total. The van der Waals surface area contributed by atoms with Gasteiger partial charge in [-0.2, -0.15) is 10.4 Å². The number of halogens is 1. The fourth-order valence-electron chi connectivity index (χ4n) is 1.94. The maximum Gasteiger partial charge on any atom is 0.151 e. The van der Waals surface area contributed by atoms with Gasteiger partial charge in [0, 0.05) is 12.8 Å². The molecule has 0 bridgehead atoms. The van der Waals surface area contributed by atoms with E-state index < -0.39 is 4.81 Å². The Bertz CT molecular complexity index is 154. The highest BCUT2D eigenvalue weighted by atomic mass is 35.5. The normalized spacial score (nSPS) is 13.3. The Balaban J connectivity index is 0. The Kier molecular flexibility index (Phi) is 12.0. The van der Waals surface area contributed by atoms with Crippen molar-refractivity contribution in [3.8, 4) is 0 Å². The zero-order valence-corrected chi connectivity index (χ0v) is 11.7. The summed E-state index contributed by atoms with van der Waals surface area (Å²) in [6, 6.07) is -0.0170. The number of rotatable bonds is 9. The van der Waals surface area contributed by atoms with Gasteiger partial charge in [0.1, 0.15) is 6.54 Å². The van der Waals surface area contributed by atoms with Crippen LogP contribution in [0.2, 0.25) is 0 Å². The molecule has 0 spiro atoms. The summed E-state index contributed by atoms with van der Waals surface area (Å²) in [4.78, 5) is -0.801. The van der Waals surface area contributed by atoms with Gasteiger partial charge in [-0.05, 0) is 18.2 Å². The van der Waals surface area contributed by atoms with Gasteiger partial charge in [0.25, 0.3) is 0 Å². The quantitative estimate of drug-likeness (QED) is 0.362. The lowest BCUT2D eigenvalue weighted by atomic mass is 10.0. The molecule has 0 aliphatic rings. The standard InChI is InChI=1S/C12H28NO2.ClH/c1-4-7-8-9-10-11-12(5-2)13(14,15)6-3;/h12,14-15H,4-11H2,1-3H3;1H/q+1;/p-1. The number of quaternary nitrogens is 1. The lowest BCUT2D eigenvalue weighted by molar-refractivity contribution is -1.26. The van der Waals surface area contributed by atoms with E-state index in [1.165, 1.54) is 25.7 Å². The molecular weight excluding hydrogens is 226 g/mol. The van der Waals surface area contributed by atoms with Crippen LogP contribution in [0.4, 0.5) is 0 Å². The molecule has 4 heteroatoms. The summed E-state index contributed by atoms with van der Waals surface area (Å²) in [5.74, 6) is 0. The Morgan fingerprint density at radius 1 is 0.938 bits per heavy atom. The number of hydrogen-bond donors (Lipinski definition) is 2. The topological polar surface area (TPSA) is 40.5 Å². The van der Waals surface area contributed by atoms with Gasteiger partial charge in [-0.15, -0.1) is 0 Å². The van der Waals surface area contributed by atoms with Gasteiger partial charge in [-0.25, -0.2) is 0 Å². The lowest BCUT2D eigenvalue weighted by Gasteiger charge is -2.28. The van der Waals surface area contributed by atoms with E-state index in [1.807, 2.05) is 6.92 Å². The molecule has 0 aromatic heterocycles. The van der Waals surface area contributed by atoms with Gasteiger partial charge in [-0.1, -0.05) is 39.5 Å². The van der Waals surface area contributed by atoms with Crippen LogP contribution in [-0.2, 0) is 0 Å². The van der Waals surface area contributed by atoms with Crippen LogP contribution < -0.4 is 12.4 Å². The van der Waals surface area contributed by atoms with Crippen LogP contribution >= 0.6 is 0 Å². The molecule has 0 heterocycles. The minimum atomic E-state index is -0.801. The number of hydroxylamine groups is 4. The average molecular weight is 254 g/mol. The monoisotopic (exact) mass is 253 g/mol. The van der Waals surface area contributed by atoms with Gasteiger partial charge < -0.3 is 12.4 Å². The largest absolute Gasteiger partial charge is 1.00 e. The average Bonchev–Trinajstić information content (AvgIpc) is 2.23. The second-order valence-electron chi connectivity index (χ2n) is 4.37. The lowest BCUT2D eigenvalue weighted by Crippen LogP contribution is -3.00. The molecule has 0 aromatic rings. The zero-order chi connectivity index (χ0) is 11.7. The second-order valence-corrected chi connectivity index (χ2v) is 4.37. The third-order valence-corrected chi connectivity index (χ3v) is 3.16. The van der Waals surface area contributed by atoms with Crippen molar-refractivity contribution in [3.63, 3.8) is 0 Å². The number of hydrogen-bond acceptors (Lipinski definition) is 2. The minimum absolute atomic E-state index is 0. The predicted octanol–water partition coefficient (Wildman–Crippen LogP) is 0.745. The molecule has 100 valence electrons. The number of nitrogens with zero attached hydrogens (tertiary/aromatic N) is 1. The van der Waals surface area contributed by atoms with E-state index in [1.54, 1.807) is 6.92 Å². The van der Waals surface area contributed by atoms with Crippen molar-refractivity contribution >= 4 is 0 Å². The highest BCUT2D eigenvalue weighted by molar-refractivity contribution is 4.54. The van der Waals surface area contributed by atoms with E-state index in [0.717, 1.165) is 19.3 Å². The van der Waals surface area contributed by atoms with Crippen LogP contribution in [0.5, 0.6) is 0 Å². The van der Waals surface area contributed by atoms with Crippen molar-refractivity contribution in [2.24, 2.45) is 0 Å². The molecule has 0 saturated carbocycles. The molecule has 0 fully saturated rings. The van der Waals surface area contributed by atoms with Crippen LogP contribution in [0.25, 0.3) is 0 Å². The molecular formula is C12H28ClNO2. The molecule has 16 heavy (non-hydrogen) atoms.